The van der Waals surface area contributed by atoms with E-state index in [1.54, 1.807) is 18.4 Å². The highest BCUT2D eigenvalue weighted by Crippen LogP contribution is 2.42. The number of benzene rings is 2. The maximum atomic E-state index is 12.9. The Morgan fingerprint density at radius 3 is 2.80 bits per heavy atom. The van der Waals surface area contributed by atoms with E-state index in [1.807, 2.05) is 36.4 Å². The van der Waals surface area contributed by atoms with Gasteiger partial charge in [0.2, 0.25) is 12.6 Å². The van der Waals surface area contributed by atoms with Crippen LogP contribution >= 0.6 is 0 Å². The lowest BCUT2D eigenvalue weighted by Gasteiger charge is -2.29. The van der Waals surface area contributed by atoms with Gasteiger partial charge in [0, 0.05) is 6.54 Å². The van der Waals surface area contributed by atoms with E-state index in [-0.39, 0.29) is 18.3 Å². The predicted octanol–water partition coefficient (Wildman–Crippen LogP) is 3.98. The van der Waals surface area contributed by atoms with E-state index >= 15 is 0 Å². The molecule has 30 heavy (non-hydrogen) atoms. The van der Waals surface area contributed by atoms with Gasteiger partial charge in [-0.25, -0.2) is 0 Å². The molecule has 3 aromatic rings. The number of fused-ring (bicyclic) bond motifs is 4. The van der Waals surface area contributed by atoms with Crippen molar-refractivity contribution in [2.75, 3.05) is 13.5 Å². The van der Waals surface area contributed by atoms with Gasteiger partial charge < -0.3 is 23.4 Å². The van der Waals surface area contributed by atoms with Crippen LogP contribution in [0.5, 0.6) is 23.0 Å². The Balaban J connectivity index is 1.30. The van der Waals surface area contributed by atoms with Crippen molar-refractivity contribution < 1.29 is 28.2 Å². The van der Waals surface area contributed by atoms with E-state index in [4.69, 9.17) is 23.4 Å². The molecule has 7 nitrogen and oxygen atoms in total. The zero-order valence-corrected chi connectivity index (χ0v) is 15.9. The summed E-state index contributed by atoms with van der Waals surface area (Å²) in [7, 11) is 0. The van der Waals surface area contributed by atoms with E-state index < -0.39 is 0 Å². The van der Waals surface area contributed by atoms with Gasteiger partial charge >= 0.3 is 0 Å². The average molecular weight is 403 g/mol. The van der Waals surface area contributed by atoms with Gasteiger partial charge in [-0.2, -0.15) is 0 Å². The summed E-state index contributed by atoms with van der Waals surface area (Å²) in [5.74, 6) is 3.65. The second-order valence-electron chi connectivity index (χ2n) is 7.31. The van der Waals surface area contributed by atoms with Crippen LogP contribution in [0.25, 0.3) is 6.08 Å². The van der Waals surface area contributed by atoms with Gasteiger partial charge in [-0.1, -0.05) is 6.07 Å². The molecule has 0 spiro atoms. The highest BCUT2D eigenvalue weighted by molar-refractivity contribution is 6.15. The van der Waals surface area contributed by atoms with Gasteiger partial charge in [-0.3, -0.25) is 9.69 Å². The Morgan fingerprint density at radius 1 is 1.00 bits per heavy atom. The summed E-state index contributed by atoms with van der Waals surface area (Å²) in [6.07, 6.45) is 3.38. The molecule has 3 aliphatic heterocycles. The lowest BCUT2D eigenvalue weighted by atomic mass is 10.0. The molecule has 3 aliphatic rings. The second kappa shape index (κ2) is 6.67. The monoisotopic (exact) mass is 403 g/mol. The Labute approximate surface area is 172 Å². The number of rotatable bonds is 3. The van der Waals surface area contributed by atoms with Gasteiger partial charge in [-0.15, -0.1) is 0 Å². The molecular weight excluding hydrogens is 386 g/mol. The minimum Gasteiger partial charge on any atom is -0.478 e. The van der Waals surface area contributed by atoms with Crippen LogP contribution in [0.3, 0.4) is 0 Å². The number of ether oxygens (including phenoxy) is 4. The van der Waals surface area contributed by atoms with Gasteiger partial charge in [0.05, 0.1) is 23.9 Å². The number of nitrogens with zero attached hydrogens (tertiary/aromatic N) is 1. The smallest absolute Gasteiger partial charge is 0.231 e. The standard InChI is InChI=1S/C23H17NO6/c25-22-16-4-6-18-17(11-24(12-27-18)10-15-2-1-7-26-15)23(16)30-21(22)9-14-3-5-19-20(8-14)29-13-28-19/h1-9H,10-13H2/b21-9-. The fourth-order valence-corrected chi connectivity index (χ4v) is 3.88. The molecule has 2 aromatic carbocycles. The largest absolute Gasteiger partial charge is 0.478 e. The molecule has 0 unspecified atom stereocenters. The van der Waals surface area contributed by atoms with E-state index in [1.165, 1.54) is 0 Å². The number of allylic oxidation sites excluding steroid dienone is 1. The second-order valence-corrected chi connectivity index (χ2v) is 7.31. The van der Waals surface area contributed by atoms with Crippen LogP contribution in [0.1, 0.15) is 27.2 Å². The Morgan fingerprint density at radius 2 is 1.90 bits per heavy atom. The van der Waals surface area contributed by atoms with Crippen molar-refractivity contribution in [1.82, 2.24) is 4.90 Å². The van der Waals surface area contributed by atoms with Crippen molar-refractivity contribution in [2.24, 2.45) is 0 Å². The van der Waals surface area contributed by atoms with Crippen molar-refractivity contribution in [3.63, 3.8) is 0 Å². The van der Waals surface area contributed by atoms with Gasteiger partial charge in [0.1, 0.15) is 24.0 Å². The van der Waals surface area contributed by atoms with E-state index in [0.717, 1.165) is 22.6 Å². The third kappa shape index (κ3) is 2.83. The van der Waals surface area contributed by atoms with E-state index in [2.05, 4.69) is 4.90 Å². The molecule has 7 heteroatoms. The molecule has 0 saturated heterocycles. The number of hydrogen-bond donors (Lipinski definition) is 0. The van der Waals surface area contributed by atoms with Crippen LogP contribution in [0.4, 0.5) is 0 Å². The summed E-state index contributed by atoms with van der Waals surface area (Å²) in [5, 5.41) is 0. The molecule has 0 saturated carbocycles. The molecule has 0 fully saturated rings. The van der Waals surface area contributed by atoms with Crippen LogP contribution in [-0.4, -0.2) is 24.2 Å². The molecule has 4 heterocycles. The molecule has 0 bridgehead atoms. The molecule has 0 aliphatic carbocycles. The third-order valence-electron chi connectivity index (χ3n) is 5.34. The number of hydrogen-bond acceptors (Lipinski definition) is 7. The summed E-state index contributed by atoms with van der Waals surface area (Å²) in [6, 6.07) is 12.9. The van der Waals surface area contributed by atoms with Crippen molar-refractivity contribution in [2.45, 2.75) is 13.1 Å². The van der Waals surface area contributed by atoms with Crippen molar-refractivity contribution in [3.8, 4) is 23.0 Å². The number of carbonyl (C=O) groups excluding carboxylic acids is 1. The summed E-state index contributed by atoms with van der Waals surface area (Å²) >= 11 is 0. The van der Waals surface area contributed by atoms with Gasteiger partial charge in [0.15, 0.2) is 17.3 Å². The maximum absolute atomic E-state index is 12.9. The molecule has 150 valence electrons. The van der Waals surface area contributed by atoms with Crippen LogP contribution in [0.15, 0.2) is 58.9 Å². The molecule has 6 rings (SSSR count). The lowest BCUT2D eigenvalue weighted by molar-refractivity contribution is 0.0810. The van der Waals surface area contributed by atoms with E-state index in [0.29, 0.717) is 42.6 Å². The summed E-state index contributed by atoms with van der Waals surface area (Å²) < 4.78 is 28.1. The first-order chi connectivity index (χ1) is 14.7. The summed E-state index contributed by atoms with van der Waals surface area (Å²) in [6.45, 7) is 1.87. The van der Waals surface area contributed by atoms with Gasteiger partial charge in [-0.05, 0) is 48.0 Å². The first-order valence-corrected chi connectivity index (χ1v) is 9.62. The zero-order valence-electron chi connectivity index (χ0n) is 15.9. The quantitative estimate of drug-likeness (QED) is 0.613. The minimum absolute atomic E-state index is 0.145. The number of ketones is 1. The number of furan rings is 1. The van der Waals surface area contributed by atoms with E-state index in [9.17, 15) is 4.79 Å². The predicted molar refractivity (Wildman–Crippen MR) is 105 cm³/mol. The Kier molecular flexibility index (Phi) is 3.82. The molecule has 1 aromatic heterocycles. The summed E-state index contributed by atoms with van der Waals surface area (Å²) in [5.41, 5.74) is 2.22. The number of Topliss-reactive ketones (excluding diaryl/α,β-unsaturated/α-hetero) is 1. The molecule has 0 N–H and O–H groups in total. The fraction of sp³-hybridized carbons (Fsp3) is 0.174. The van der Waals surface area contributed by atoms with Crippen LogP contribution in [-0.2, 0) is 13.1 Å². The Bertz CT molecular complexity index is 1180. The molecular formula is C23H17NO6. The normalized spacial score (nSPS) is 18.1. The molecule has 0 amide bonds. The van der Waals surface area contributed by atoms with Gasteiger partial charge in [0.25, 0.3) is 0 Å². The van der Waals surface area contributed by atoms with Crippen LogP contribution in [0, 0.1) is 0 Å². The summed E-state index contributed by atoms with van der Waals surface area (Å²) in [4.78, 5) is 15.0. The molecule has 0 radical (unpaired) electrons. The average Bonchev–Trinajstić information content (AvgIpc) is 3.50. The minimum atomic E-state index is -0.145. The number of carbonyl (C=O) groups is 1. The van der Waals surface area contributed by atoms with Crippen LogP contribution in [0.2, 0.25) is 0 Å². The zero-order chi connectivity index (χ0) is 20.1. The molecule has 0 atom stereocenters. The Hall–Kier alpha value is -3.71. The van der Waals surface area contributed by atoms with Crippen molar-refractivity contribution in [3.05, 3.63) is 76.9 Å². The third-order valence-corrected chi connectivity index (χ3v) is 5.34. The topological polar surface area (TPSA) is 70.4 Å². The highest BCUT2D eigenvalue weighted by atomic mass is 16.7. The highest BCUT2D eigenvalue weighted by Gasteiger charge is 2.33. The van der Waals surface area contributed by atoms with Crippen molar-refractivity contribution in [1.29, 1.82) is 0 Å². The first kappa shape index (κ1) is 17.2. The van der Waals surface area contributed by atoms with Crippen LogP contribution < -0.4 is 18.9 Å². The maximum Gasteiger partial charge on any atom is 0.231 e. The first-order valence-electron chi connectivity index (χ1n) is 9.62. The lowest BCUT2D eigenvalue weighted by Crippen LogP contribution is -2.31. The van der Waals surface area contributed by atoms with Crippen molar-refractivity contribution >= 4 is 11.9 Å². The SMILES string of the molecule is O=C1/C(=C/c2ccc3c(c2)OCO3)Oc2c1ccc1c2CN(Cc2ccco2)CO1. The fourth-order valence-electron chi connectivity index (χ4n) is 3.88.